The van der Waals surface area contributed by atoms with Gasteiger partial charge in [0.15, 0.2) is 9.84 Å². The van der Waals surface area contributed by atoms with Crippen molar-refractivity contribution < 1.29 is 13.2 Å². The van der Waals surface area contributed by atoms with Gasteiger partial charge in [-0.2, -0.15) is 0 Å². The van der Waals surface area contributed by atoms with E-state index < -0.39 is 9.84 Å². The zero-order valence-electron chi connectivity index (χ0n) is 14.5. The van der Waals surface area contributed by atoms with E-state index in [0.29, 0.717) is 18.5 Å². The van der Waals surface area contributed by atoms with Crippen molar-refractivity contribution in [2.24, 2.45) is 0 Å². The minimum absolute atomic E-state index is 0.0600. The van der Waals surface area contributed by atoms with Crippen LogP contribution in [0.5, 0.6) is 0 Å². The summed E-state index contributed by atoms with van der Waals surface area (Å²) >= 11 is 0. The lowest BCUT2D eigenvalue weighted by Crippen LogP contribution is -2.33. The van der Waals surface area contributed by atoms with E-state index in [2.05, 4.69) is 15.2 Å². The van der Waals surface area contributed by atoms with Crippen LogP contribution in [0.3, 0.4) is 0 Å². The fourth-order valence-electron chi connectivity index (χ4n) is 2.74. The number of rotatable bonds is 7. The third-order valence-electron chi connectivity index (χ3n) is 4.22. The highest BCUT2D eigenvalue weighted by Gasteiger charge is 2.31. The predicted octanol–water partition coefficient (Wildman–Crippen LogP) is 0.386. The van der Waals surface area contributed by atoms with Gasteiger partial charge in [-0.15, -0.1) is 0 Å². The van der Waals surface area contributed by atoms with Gasteiger partial charge in [-0.25, -0.2) is 8.42 Å². The minimum Gasteiger partial charge on any atom is -0.369 e. The maximum Gasteiger partial charge on any atom is 0.252 e. The number of sulfone groups is 1. The first-order chi connectivity index (χ1) is 11.3. The number of carbonyl (C=O) groups is 1. The molecule has 1 aromatic rings. The fraction of sp³-hybridized carbons (Fsp3) is 0.625. The van der Waals surface area contributed by atoms with Crippen molar-refractivity contribution in [3.05, 3.63) is 24.0 Å². The van der Waals surface area contributed by atoms with Gasteiger partial charge in [0.25, 0.3) is 5.91 Å². The molecule has 2 rings (SSSR count). The van der Waals surface area contributed by atoms with E-state index in [1.807, 2.05) is 26.0 Å². The lowest BCUT2D eigenvalue weighted by molar-refractivity contribution is 0.0952. The molecule has 1 atom stereocenters. The third kappa shape index (κ3) is 5.17. The van der Waals surface area contributed by atoms with Crippen LogP contribution < -0.4 is 10.2 Å². The maximum atomic E-state index is 12.2. The molecule has 24 heavy (non-hydrogen) atoms. The Morgan fingerprint density at radius 2 is 2.08 bits per heavy atom. The number of nitrogens with zero attached hydrogens (tertiary/aromatic N) is 3. The van der Waals surface area contributed by atoms with Crippen molar-refractivity contribution in [3.63, 3.8) is 0 Å². The molecule has 0 saturated carbocycles. The summed E-state index contributed by atoms with van der Waals surface area (Å²) in [4.78, 5) is 20.3. The smallest absolute Gasteiger partial charge is 0.252 e. The van der Waals surface area contributed by atoms with Crippen LogP contribution in [0.15, 0.2) is 18.5 Å². The van der Waals surface area contributed by atoms with Crippen LogP contribution in [0.1, 0.15) is 23.2 Å². The predicted molar refractivity (Wildman–Crippen MR) is 95.2 cm³/mol. The molecule has 8 heteroatoms. The van der Waals surface area contributed by atoms with Crippen molar-refractivity contribution in [2.75, 3.05) is 50.6 Å². The Hall–Kier alpha value is -1.67. The standard InChI is InChI=1S/C16H26N4O3S/c1-19(2)7-4-6-18-16(21)13-9-15(11-17-10-13)20(3)14-5-8-24(22,23)12-14/h9-11,14H,4-8,12H2,1-3H3,(H,18,21). The van der Waals surface area contributed by atoms with Gasteiger partial charge in [0.1, 0.15) is 0 Å². The van der Waals surface area contributed by atoms with Crippen LogP contribution in [0.25, 0.3) is 0 Å². The Bertz CT molecular complexity index is 676. The number of anilines is 1. The molecule has 1 aromatic heterocycles. The lowest BCUT2D eigenvalue weighted by Gasteiger charge is -2.25. The summed E-state index contributed by atoms with van der Waals surface area (Å²) in [7, 11) is 2.89. The first-order valence-electron chi connectivity index (χ1n) is 8.10. The molecule has 1 N–H and O–H groups in total. The molecule has 1 unspecified atom stereocenters. The van der Waals surface area contributed by atoms with Crippen molar-refractivity contribution in [3.8, 4) is 0 Å². The second-order valence-corrected chi connectivity index (χ2v) is 8.74. The molecule has 7 nitrogen and oxygen atoms in total. The van der Waals surface area contributed by atoms with E-state index in [-0.39, 0.29) is 23.5 Å². The van der Waals surface area contributed by atoms with Crippen molar-refractivity contribution in [1.82, 2.24) is 15.2 Å². The topological polar surface area (TPSA) is 82.6 Å². The van der Waals surface area contributed by atoms with Gasteiger partial charge in [-0.3, -0.25) is 9.78 Å². The van der Waals surface area contributed by atoms with E-state index >= 15 is 0 Å². The van der Waals surface area contributed by atoms with Gasteiger partial charge in [0, 0.05) is 25.8 Å². The second kappa shape index (κ2) is 7.94. The van der Waals surface area contributed by atoms with Crippen molar-refractivity contribution >= 4 is 21.4 Å². The first-order valence-corrected chi connectivity index (χ1v) is 9.92. The summed E-state index contributed by atoms with van der Waals surface area (Å²) in [5.41, 5.74) is 1.25. The zero-order valence-corrected chi connectivity index (χ0v) is 15.3. The Morgan fingerprint density at radius 1 is 1.33 bits per heavy atom. The molecule has 0 bridgehead atoms. The molecule has 0 aliphatic carbocycles. The second-order valence-electron chi connectivity index (χ2n) is 6.51. The van der Waals surface area contributed by atoms with E-state index in [1.165, 1.54) is 6.20 Å². The molecular formula is C16H26N4O3S. The van der Waals surface area contributed by atoms with Crippen molar-refractivity contribution in [1.29, 1.82) is 0 Å². The van der Waals surface area contributed by atoms with Crippen LogP contribution in [-0.4, -0.2) is 76.0 Å². The van der Waals surface area contributed by atoms with Gasteiger partial charge < -0.3 is 15.1 Å². The lowest BCUT2D eigenvalue weighted by atomic mass is 10.2. The van der Waals surface area contributed by atoms with E-state index in [4.69, 9.17) is 0 Å². The number of carbonyl (C=O) groups excluding carboxylic acids is 1. The molecule has 0 aromatic carbocycles. The fourth-order valence-corrected chi connectivity index (χ4v) is 4.51. The molecule has 1 fully saturated rings. The minimum atomic E-state index is -2.94. The number of aromatic nitrogens is 1. The first kappa shape index (κ1) is 18.7. The normalized spacial score (nSPS) is 19.4. The van der Waals surface area contributed by atoms with Crippen LogP contribution in [0.4, 0.5) is 5.69 Å². The Morgan fingerprint density at radius 3 is 2.71 bits per heavy atom. The highest BCUT2D eigenvalue weighted by Crippen LogP contribution is 2.22. The van der Waals surface area contributed by atoms with Crippen LogP contribution in [0, 0.1) is 0 Å². The number of hydrogen-bond acceptors (Lipinski definition) is 6. The molecule has 134 valence electrons. The van der Waals surface area contributed by atoms with Gasteiger partial charge in [0.05, 0.1) is 29.0 Å². The molecule has 1 aliphatic rings. The Labute approximate surface area is 144 Å². The zero-order chi connectivity index (χ0) is 17.7. The molecule has 1 saturated heterocycles. The highest BCUT2D eigenvalue weighted by molar-refractivity contribution is 7.91. The number of hydrogen-bond donors (Lipinski definition) is 1. The summed E-state index contributed by atoms with van der Waals surface area (Å²) in [5, 5.41) is 2.88. The van der Waals surface area contributed by atoms with E-state index in [1.54, 1.807) is 12.3 Å². The van der Waals surface area contributed by atoms with Gasteiger partial charge in [-0.1, -0.05) is 0 Å². The molecular weight excluding hydrogens is 328 g/mol. The molecule has 0 radical (unpaired) electrons. The van der Waals surface area contributed by atoms with Gasteiger partial charge >= 0.3 is 0 Å². The van der Waals surface area contributed by atoms with E-state index in [0.717, 1.165) is 18.7 Å². The van der Waals surface area contributed by atoms with Gasteiger partial charge in [0.2, 0.25) is 0 Å². The molecule has 1 aliphatic heterocycles. The van der Waals surface area contributed by atoms with Crippen molar-refractivity contribution in [2.45, 2.75) is 18.9 Å². The van der Waals surface area contributed by atoms with E-state index in [9.17, 15) is 13.2 Å². The Kier molecular flexibility index (Phi) is 6.17. The number of nitrogens with one attached hydrogen (secondary N) is 1. The van der Waals surface area contributed by atoms with Gasteiger partial charge in [-0.05, 0) is 39.5 Å². The summed E-state index contributed by atoms with van der Waals surface area (Å²) < 4.78 is 23.3. The summed E-state index contributed by atoms with van der Waals surface area (Å²) in [5.74, 6) is 0.224. The van der Waals surface area contributed by atoms with Crippen LogP contribution in [-0.2, 0) is 9.84 Å². The number of pyridine rings is 1. The quantitative estimate of drug-likeness (QED) is 0.713. The highest BCUT2D eigenvalue weighted by atomic mass is 32.2. The molecule has 2 heterocycles. The third-order valence-corrected chi connectivity index (χ3v) is 5.97. The summed E-state index contributed by atoms with van der Waals surface area (Å²) in [6, 6.07) is 1.70. The largest absolute Gasteiger partial charge is 0.369 e. The van der Waals surface area contributed by atoms with Crippen LogP contribution >= 0.6 is 0 Å². The number of amides is 1. The van der Waals surface area contributed by atoms with Crippen LogP contribution in [0.2, 0.25) is 0 Å². The molecule has 1 amide bonds. The maximum absolute atomic E-state index is 12.2. The average molecular weight is 354 g/mol. The summed E-state index contributed by atoms with van der Waals surface area (Å²) in [6.45, 7) is 1.52. The molecule has 0 spiro atoms. The SMILES string of the molecule is CN(C)CCCNC(=O)c1cncc(N(C)C2CCS(=O)(=O)C2)c1. The summed E-state index contributed by atoms with van der Waals surface area (Å²) in [6.07, 6.45) is 4.68. The Balaban J connectivity index is 1.96. The monoisotopic (exact) mass is 354 g/mol. The average Bonchev–Trinajstić information content (AvgIpc) is 2.90.